The lowest BCUT2D eigenvalue weighted by Gasteiger charge is -2.23. The molecular formula is C28H33N5O3S. The van der Waals surface area contributed by atoms with Crippen LogP contribution in [0.2, 0.25) is 0 Å². The van der Waals surface area contributed by atoms with Gasteiger partial charge in [-0.15, -0.1) is 11.3 Å². The van der Waals surface area contributed by atoms with Gasteiger partial charge in [0.1, 0.15) is 16.9 Å². The fraction of sp³-hybridized carbons (Fsp3) is 0.393. The van der Waals surface area contributed by atoms with Crippen LogP contribution in [0.3, 0.4) is 0 Å². The Hall–Kier alpha value is -3.11. The fourth-order valence-electron chi connectivity index (χ4n) is 4.98. The zero-order chi connectivity index (χ0) is 26.1. The number of aliphatic hydroxyl groups excluding tert-OH is 3. The average Bonchev–Trinajstić information content (AvgIpc) is 3.43. The van der Waals surface area contributed by atoms with Gasteiger partial charge in [0.15, 0.2) is 0 Å². The molecule has 1 aliphatic rings. The van der Waals surface area contributed by atoms with E-state index in [0.29, 0.717) is 18.2 Å². The summed E-state index contributed by atoms with van der Waals surface area (Å²) in [7, 11) is 0. The van der Waals surface area contributed by atoms with Crippen molar-refractivity contribution >= 4 is 33.3 Å². The van der Waals surface area contributed by atoms with E-state index in [2.05, 4.69) is 48.7 Å². The molecule has 5 N–H and O–H groups in total. The molecule has 5 atom stereocenters. The van der Waals surface area contributed by atoms with E-state index >= 15 is 0 Å². The highest BCUT2D eigenvalue weighted by Crippen LogP contribution is 2.38. The summed E-state index contributed by atoms with van der Waals surface area (Å²) < 4.78 is 1.06. The van der Waals surface area contributed by atoms with Crippen LogP contribution < -0.4 is 10.6 Å². The molecule has 2 aromatic heterocycles. The smallest absolute Gasteiger partial charge is 0.225 e. The summed E-state index contributed by atoms with van der Waals surface area (Å²) >= 11 is 1.56. The summed E-state index contributed by atoms with van der Waals surface area (Å²) in [5, 5.41) is 38.4. The number of nitrogens with one attached hydrogen (secondary N) is 2. The van der Waals surface area contributed by atoms with Crippen molar-refractivity contribution in [3.05, 3.63) is 65.4 Å². The lowest BCUT2D eigenvalue weighted by Crippen LogP contribution is -2.35. The minimum Gasteiger partial charge on any atom is -0.396 e. The Balaban J connectivity index is 1.54. The van der Waals surface area contributed by atoms with Crippen LogP contribution in [0.15, 0.2) is 48.5 Å². The van der Waals surface area contributed by atoms with Crippen molar-refractivity contribution in [2.24, 2.45) is 5.92 Å². The topological polar surface area (TPSA) is 123 Å². The lowest BCUT2D eigenvalue weighted by molar-refractivity contribution is 0.00446. The van der Waals surface area contributed by atoms with Gasteiger partial charge in [0.05, 0.1) is 39.7 Å². The molecule has 0 spiro atoms. The second-order valence-electron chi connectivity index (χ2n) is 9.77. The predicted octanol–water partition coefficient (Wildman–Crippen LogP) is 4.45. The van der Waals surface area contributed by atoms with Crippen LogP contribution in [0, 0.1) is 19.8 Å². The molecule has 2 heterocycles. The molecule has 37 heavy (non-hydrogen) atoms. The van der Waals surface area contributed by atoms with Gasteiger partial charge in [0, 0.05) is 12.5 Å². The van der Waals surface area contributed by atoms with Crippen LogP contribution in [-0.2, 0) is 0 Å². The number of hydrogen-bond acceptors (Lipinski definition) is 9. The maximum absolute atomic E-state index is 10.7. The molecule has 8 nitrogen and oxygen atoms in total. The van der Waals surface area contributed by atoms with Gasteiger partial charge in [-0.3, -0.25) is 0 Å². The third-order valence-corrected chi connectivity index (χ3v) is 8.20. The van der Waals surface area contributed by atoms with E-state index in [9.17, 15) is 15.3 Å². The molecule has 5 unspecified atom stereocenters. The Labute approximate surface area is 220 Å². The standard InChI is InChI=1S/C28H33N5O3S/c1-4-19(17-11-9-15(2)10-12-17)32-28-29-16(3)23(27-31-20-7-5-6-8-22(20)37-27)26(33-28)30-21-13-18(14-34)24(35)25(21)36/h5-12,18-19,21,24-25,34-36H,4,13-14H2,1-3H3,(H2,29,30,32,33). The molecule has 2 aromatic carbocycles. The maximum Gasteiger partial charge on any atom is 0.225 e. The van der Waals surface area contributed by atoms with E-state index in [1.165, 1.54) is 5.56 Å². The number of anilines is 2. The molecule has 9 heteroatoms. The Bertz CT molecular complexity index is 1340. The van der Waals surface area contributed by atoms with Crippen LogP contribution >= 0.6 is 11.3 Å². The van der Waals surface area contributed by atoms with Crippen LogP contribution in [0.1, 0.15) is 42.6 Å². The van der Waals surface area contributed by atoms with Crippen molar-refractivity contribution in [1.82, 2.24) is 15.0 Å². The average molecular weight is 520 g/mol. The Kier molecular flexibility index (Phi) is 7.39. The highest BCUT2D eigenvalue weighted by Gasteiger charge is 2.41. The van der Waals surface area contributed by atoms with Crippen molar-refractivity contribution in [3.8, 4) is 10.6 Å². The number of aryl methyl sites for hydroxylation is 2. The Morgan fingerprint density at radius 3 is 2.43 bits per heavy atom. The van der Waals surface area contributed by atoms with Gasteiger partial charge >= 0.3 is 0 Å². The third-order valence-electron chi connectivity index (χ3n) is 7.15. The van der Waals surface area contributed by atoms with Crippen LogP contribution in [-0.4, -0.2) is 55.1 Å². The van der Waals surface area contributed by atoms with E-state index < -0.39 is 24.2 Å². The quantitative estimate of drug-likeness (QED) is 0.231. The normalized spacial score (nSPS) is 22.3. The Morgan fingerprint density at radius 2 is 1.76 bits per heavy atom. The number of thiazole rings is 1. The number of aliphatic hydroxyl groups is 3. The first-order chi connectivity index (χ1) is 17.9. The molecule has 0 amide bonds. The fourth-order valence-corrected chi connectivity index (χ4v) is 6.04. The SMILES string of the molecule is CCC(Nc1nc(C)c(-c2nc3ccccc3s2)c(NC2CC(CO)C(O)C2O)n1)c1ccc(C)cc1. The summed E-state index contributed by atoms with van der Waals surface area (Å²) in [5.41, 5.74) is 4.78. The van der Waals surface area contributed by atoms with E-state index in [0.717, 1.165) is 38.5 Å². The van der Waals surface area contributed by atoms with Gasteiger partial charge in [-0.05, 0) is 44.4 Å². The van der Waals surface area contributed by atoms with Crippen molar-refractivity contribution in [3.63, 3.8) is 0 Å². The minimum atomic E-state index is -1.03. The maximum atomic E-state index is 10.7. The first kappa shape index (κ1) is 25.5. The second-order valence-corrected chi connectivity index (χ2v) is 10.8. The molecule has 1 fully saturated rings. The van der Waals surface area contributed by atoms with Crippen molar-refractivity contribution in [2.75, 3.05) is 17.2 Å². The predicted molar refractivity (Wildman–Crippen MR) is 148 cm³/mol. The van der Waals surface area contributed by atoms with Crippen LogP contribution in [0.4, 0.5) is 11.8 Å². The molecule has 194 valence electrons. The zero-order valence-electron chi connectivity index (χ0n) is 21.2. The number of fused-ring (bicyclic) bond motifs is 1. The lowest BCUT2D eigenvalue weighted by atomic mass is 10.0. The first-order valence-electron chi connectivity index (χ1n) is 12.7. The number of benzene rings is 2. The van der Waals surface area contributed by atoms with Gasteiger partial charge in [-0.2, -0.15) is 4.98 Å². The molecule has 0 radical (unpaired) electrons. The molecule has 1 saturated carbocycles. The number of hydrogen-bond donors (Lipinski definition) is 5. The molecular weight excluding hydrogens is 486 g/mol. The molecule has 0 saturated heterocycles. The number of nitrogens with zero attached hydrogens (tertiary/aromatic N) is 3. The molecule has 0 aliphatic heterocycles. The minimum absolute atomic E-state index is 0.0267. The molecule has 0 bridgehead atoms. The van der Waals surface area contributed by atoms with Gasteiger partial charge in [-0.1, -0.05) is 48.9 Å². The first-order valence-corrected chi connectivity index (χ1v) is 13.5. The summed E-state index contributed by atoms with van der Waals surface area (Å²) in [6.45, 7) is 5.93. The number of aromatic nitrogens is 3. The highest BCUT2D eigenvalue weighted by atomic mass is 32.1. The van der Waals surface area contributed by atoms with Crippen molar-refractivity contribution in [2.45, 2.75) is 57.9 Å². The third kappa shape index (κ3) is 5.17. The molecule has 4 aromatic rings. The van der Waals surface area contributed by atoms with Crippen molar-refractivity contribution in [1.29, 1.82) is 0 Å². The number of rotatable bonds is 8. The summed E-state index contributed by atoms with van der Waals surface area (Å²) in [5.74, 6) is 0.622. The summed E-state index contributed by atoms with van der Waals surface area (Å²) in [6.07, 6.45) is -0.757. The van der Waals surface area contributed by atoms with Crippen LogP contribution in [0.5, 0.6) is 0 Å². The Morgan fingerprint density at radius 1 is 1.00 bits per heavy atom. The van der Waals surface area contributed by atoms with Gasteiger partial charge < -0.3 is 26.0 Å². The van der Waals surface area contributed by atoms with E-state index in [4.69, 9.17) is 15.0 Å². The van der Waals surface area contributed by atoms with E-state index in [1.54, 1.807) is 11.3 Å². The van der Waals surface area contributed by atoms with Gasteiger partial charge in [0.25, 0.3) is 0 Å². The van der Waals surface area contributed by atoms with E-state index in [1.807, 2.05) is 31.2 Å². The monoisotopic (exact) mass is 519 g/mol. The summed E-state index contributed by atoms with van der Waals surface area (Å²) in [4.78, 5) is 14.5. The summed E-state index contributed by atoms with van der Waals surface area (Å²) in [6, 6.07) is 15.9. The van der Waals surface area contributed by atoms with E-state index in [-0.39, 0.29) is 12.6 Å². The van der Waals surface area contributed by atoms with Crippen molar-refractivity contribution < 1.29 is 15.3 Å². The number of para-hydroxylation sites is 1. The van der Waals surface area contributed by atoms with Gasteiger partial charge in [-0.25, -0.2) is 9.97 Å². The van der Waals surface area contributed by atoms with Crippen LogP contribution in [0.25, 0.3) is 20.8 Å². The molecule has 5 rings (SSSR count). The highest BCUT2D eigenvalue weighted by molar-refractivity contribution is 7.21. The second kappa shape index (κ2) is 10.7. The largest absolute Gasteiger partial charge is 0.396 e. The molecule has 1 aliphatic carbocycles. The zero-order valence-corrected chi connectivity index (χ0v) is 22.0. The van der Waals surface area contributed by atoms with Gasteiger partial charge in [0.2, 0.25) is 5.95 Å².